The topological polar surface area (TPSA) is 58.1 Å². The number of aromatic nitrogens is 2. The van der Waals surface area contributed by atoms with Gasteiger partial charge in [-0.25, -0.2) is 9.97 Å². The van der Waals surface area contributed by atoms with E-state index in [1.165, 1.54) is 5.56 Å². The van der Waals surface area contributed by atoms with Crippen LogP contribution in [0.2, 0.25) is 0 Å². The van der Waals surface area contributed by atoms with E-state index in [-0.39, 0.29) is 5.91 Å². The number of hydrogen-bond acceptors (Lipinski definition) is 4. The number of anilines is 1. The number of hydrogen-bond donors (Lipinski definition) is 1. The average Bonchev–Trinajstić information content (AvgIpc) is 2.56. The van der Waals surface area contributed by atoms with Crippen LogP contribution in [0.15, 0.2) is 36.4 Å². The van der Waals surface area contributed by atoms with Gasteiger partial charge < -0.3 is 10.2 Å². The lowest BCUT2D eigenvalue weighted by Gasteiger charge is -2.18. The Morgan fingerprint density at radius 1 is 1.13 bits per heavy atom. The van der Waals surface area contributed by atoms with Crippen LogP contribution in [0.1, 0.15) is 35.7 Å². The first-order chi connectivity index (χ1) is 11.1. The zero-order valence-electron chi connectivity index (χ0n) is 14.0. The van der Waals surface area contributed by atoms with E-state index in [1.54, 1.807) is 17.9 Å². The molecular weight excluding hydrogens is 288 g/mol. The third kappa shape index (κ3) is 4.77. The van der Waals surface area contributed by atoms with Gasteiger partial charge in [0.25, 0.3) is 5.91 Å². The van der Waals surface area contributed by atoms with Gasteiger partial charge in [-0.3, -0.25) is 4.79 Å². The molecule has 122 valence electrons. The summed E-state index contributed by atoms with van der Waals surface area (Å²) >= 11 is 0. The van der Waals surface area contributed by atoms with Gasteiger partial charge in [0.2, 0.25) is 0 Å². The maximum absolute atomic E-state index is 12.4. The maximum Gasteiger partial charge on any atom is 0.272 e. The van der Waals surface area contributed by atoms with Crippen molar-refractivity contribution in [3.8, 4) is 0 Å². The molecular formula is C18H24N4O. The number of carbonyl (C=O) groups is 1. The Labute approximate surface area is 137 Å². The van der Waals surface area contributed by atoms with Crippen molar-refractivity contribution in [2.75, 3.05) is 25.0 Å². The Hall–Kier alpha value is -2.43. The fourth-order valence-corrected chi connectivity index (χ4v) is 2.42. The molecule has 1 amide bonds. The molecule has 0 saturated carbocycles. The summed E-state index contributed by atoms with van der Waals surface area (Å²) in [6.07, 6.45) is 0.906. The monoisotopic (exact) mass is 312 g/mol. The molecule has 1 aromatic carbocycles. The molecule has 0 aliphatic rings. The standard InChI is InChI=1S/C18H24N4O/c1-4-22(5-2)18(23)16-13-17(21-14(3)20-16)19-12-11-15-9-7-6-8-10-15/h6-10,13H,4-5,11-12H2,1-3H3,(H,19,20,21). The van der Waals surface area contributed by atoms with Gasteiger partial charge >= 0.3 is 0 Å². The van der Waals surface area contributed by atoms with Crippen molar-refractivity contribution in [3.05, 3.63) is 53.5 Å². The molecule has 0 aliphatic carbocycles. The Bertz CT molecular complexity index is 639. The molecule has 0 unspecified atom stereocenters. The fourth-order valence-electron chi connectivity index (χ4n) is 2.42. The van der Waals surface area contributed by atoms with Crippen LogP contribution in [0, 0.1) is 6.92 Å². The molecule has 1 heterocycles. The summed E-state index contributed by atoms with van der Waals surface area (Å²) in [6.45, 7) is 7.86. The molecule has 1 N–H and O–H groups in total. The van der Waals surface area contributed by atoms with Crippen LogP contribution in [0.25, 0.3) is 0 Å². The van der Waals surface area contributed by atoms with Gasteiger partial charge in [-0.05, 0) is 32.8 Å². The number of carbonyl (C=O) groups excluding carboxylic acids is 1. The minimum absolute atomic E-state index is 0.0494. The van der Waals surface area contributed by atoms with Crippen molar-refractivity contribution < 1.29 is 4.79 Å². The van der Waals surface area contributed by atoms with Crippen molar-refractivity contribution in [1.82, 2.24) is 14.9 Å². The number of nitrogens with one attached hydrogen (secondary N) is 1. The molecule has 0 spiro atoms. The first-order valence-corrected chi connectivity index (χ1v) is 8.06. The van der Waals surface area contributed by atoms with E-state index in [4.69, 9.17) is 0 Å². The Kier molecular flexibility index (Phi) is 6.09. The number of nitrogens with zero attached hydrogens (tertiary/aromatic N) is 3. The van der Waals surface area contributed by atoms with Gasteiger partial charge in [0.15, 0.2) is 0 Å². The van der Waals surface area contributed by atoms with Crippen molar-refractivity contribution in [1.29, 1.82) is 0 Å². The average molecular weight is 312 g/mol. The molecule has 0 bridgehead atoms. The number of benzene rings is 1. The SMILES string of the molecule is CCN(CC)C(=O)c1cc(NCCc2ccccc2)nc(C)n1. The summed E-state index contributed by atoms with van der Waals surface area (Å²) in [5.74, 6) is 1.25. The van der Waals surface area contributed by atoms with Crippen molar-refractivity contribution in [2.24, 2.45) is 0 Å². The zero-order chi connectivity index (χ0) is 16.7. The van der Waals surface area contributed by atoms with Crippen LogP contribution >= 0.6 is 0 Å². The lowest BCUT2D eigenvalue weighted by molar-refractivity contribution is 0.0766. The lowest BCUT2D eigenvalue weighted by Crippen LogP contribution is -2.31. The van der Waals surface area contributed by atoms with Crippen LogP contribution < -0.4 is 5.32 Å². The zero-order valence-corrected chi connectivity index (χ0v) is 14.0. The summed E-state index contributed by atoms with van der Waals surface area (Å²) in [5.41, 5.74) is 1.72. The summed E-state index contributed by atoms with van der Waals surface area (Å²) < 4.78 is 0. The number of aryl methyl sites for hydroxylation is 1. The first-order valence-electron chi connectivity index (χ1n) is 8.06. The molecule has 5 heteroatoms. The minimum Gasteiger partial charge on any atom is -0.370 e. The summed E-state index contributed by atoms with van der Waals surface area (Å²) in [6, 6.07) is 12.0. The highest BCUT2D eigenvalue weighted by molar-refractivity contribution is 5.93. The van der Waals surface area contributed by atoms with E-state index < -0.39 is 0 Å². The molecule has 1 aromatic heterocycles. The highest BCUT2D eigenvalue weighted by Gasteiger charge is 2.15. The molecule has 0 radical (unpaired) electrons. The van der Waals surface area contributed by atoms with Crippen LogP contribution in [0.4, 0.5) is 5.82 Å². The van der Waals surface area contributed by atoms with Crippen molar-refractivity contribution in [2.45, 2.75) is 27.2 Å². The van der Waals surface area contributed by atoms with Gasteiger partial charge in [-0.1, -0.05) is 30.3 Å². The van der Waals surface area contributed by atoms with E-state index in [1.807, 2.05) is 32.0 Å². The summed E-state index contributed by atoms with van der Waals surface area (Å²) in [5, 5.41) is 3.28. The number of rotatable bonds is 7. The summed E-state index contributed by atoms with van der Waals surface area (Å²) in [4.78, 5) is 22.8. The molecule has 23 heavy (non-hydrogen) atoms. The Morgan fingerprint density at radius 2 is 1.83 bits per heavy atom. The van der Waals surface area contributed by atoms with E-state index in [0.29, 0.717) is 30.4 Å². The predicted octanol–water partition coefficient (Wildman–Crippen LogP) is 2.92. The lowest BCUT2D eigenvalue weighted by atomic mass is 10.1. The maximum atomic E-state index is 12.4. The van der Waals surface area contributed by atoms with E-state index in [9.17, 15) is 4.79 Å². The van der Waals surface area contributed by atoms with E-state index >= 15 is 0 Å². The Balaban J connectivity index is 2.03. The van der Waals surface area contributed by atoms with Crippen molar-refractivity contribution >= 4 is 11.7 Å². The predicted molar refractivity (Wildman–Crippen MR) is 92.7 cm³/mol. The molecule has 2 aromatic rings. The molecule has 0 saturated heterocycles. The second-order valence-electron chi connectivity index (χ2n) is 5.33. The van der Waals surface area contributed by atoms with Crippen molar-refractivity contribution in [3.63, 3.8) is 0 Å². The Morgan fingerprint density at radius 3 is 2.48 bits per heavy atom. The van der Waals surface area contributed by atoms with Crippen LogP contribution in [0.3, 0.4) is 0 Å². The van der Waals surface area contributed by atoms with Gasteiger partial charge in [0.05, 0.1) is 0 Å². The van der Waals surface area contributed by atoms with Gasteiger partial charge in [0.1, 0.15) is 17.3 Å². The highest BCUT2D eigenvalue weighted by Crippen LogP contribution is 2.10. The molecule has 0 aliphatic heterocycles. The molecule has 0 atom stereocenters. The number of amides is 1. The molecule has 2 rings (SSSR count). The second kappa shape index (κ2) is 8.27. The normalized spacial score (nSPS) is 10.4. The largest absolute Gasteiger partial charge is 0.370 e. The smallest absolute Gasteiger partial charge is 0.272 e. The van der Waals surface area contributed by atoms with Gasteiger partial charge in [0, 0.05) is 25.7 Å². The highest BCUT2D eigenvalue weighted by atomic mass is 16.2. The van der Waals surface area contributed by atoms with Gasteiger partial charge in [-0.15, -0.1) is 0 Å². The van der Waals surface area contributed by atoms with Gasteiger partial charge in [-0.2, -0.15) is 0 Å². The van der Waals surface area contributed by atoms with Crippen LogP contribution in [-0.4, -0.2) is 40.4 Å². The van der Waals surface area contributed by atoms with E-state index in [2.05, 4.69) is 27.4 Å². The fraction of sp³-hybridized carbons (Fsp3) is 0.389. The summed E-state index contributed by atoms with van der Waals surface area (Å²) in [7, 11) is 0. The quantitative estimate of drug-likeness (QED) is 0.854. The molecule has 5 nitrogen and oxygen atoms in total. The first kappa shape index (κ1) is 16.9. The third-order valence-corrected chi connectivity index (χ3v) is 3.67. The molecule has 0 fully saturated rings. The van der Waals surface area contributed by atoms with E-state index in [0.717, 1.165) is 13.0 Å². The van der Waals surface area contributed by atoms with Crippen LogP contribution in [0.5, 0.6) is 0 Å². The minimum atomic E-state index is -0.0494. The third-order valence-electron chi connectivity index (χ3n) is 3.67. The van der Waals surface area contributed by atoms with Crippen LogP contribution in [-0.2, 0) is 6.42 Å². The second-order valence-corrected chi connectivity index (χ2v) is 5.33.